The van der Waals surface area contributed by atoms with Crippen molar-refractivity contribution in [1.82, 2.24) is 29.3 Å². The average Bonchev–Trinajstić information content (AvgIpc) is 3.34. The van der Waals surface area contributed by atoms with Gasteiger partial charge in [0, 0.05) is 47.0 Å². The van der Waals surface area contributed by atoms with E-state index in [9.17, 15) is 22.8 Å². The number of aromatic nitrogens is 6. The van der Waals surface area contributed by atoms with Gasteiger partial charge in [-0.15, -0.1) is 0 Å². The molecular weight excluding hydrogens is 449 g/mol. The van der Waals surface area contributed by atoms with Crippen LogP contribution in [0.2, 0.25) is 0 Å². The number of aryl methyl sites for hydroxylation is 1. The molecule has 0 unspecified atom stereocenters. The lowest BCUT2D eigenvalue weighted by Gasteiger charge is -2.07. The van der Waals surface area contributed by atoms with Crippen LogP contribution < -0.4 is 0 Å². The third kappa shape index (κ3) is 4.59. The van der Waals surface area contributed by atoms with E-state index in [1.165, 1.54) is 25.5 Å². The summed E-state index contributed by atoms with van der Waals surface area (Å²) in [6, 6.07) is 4.03. The zero-order chi connectivity index (χ0) is 24.6. The minimum absolute atomic E-state index is 0.0770. The monoisotopic (exact) mass is 470 g/mol. The quantitative estimate of drug-likeness (QED) is 0.379. The molecule has 0 saturated carbocycles. The lowest BCUT2D eigenvalue weighted by Crippen LogP contribution is -2.16. The number of rotatable bonds is 7. The second-order valence-corrected chi connectivity index (χ2v) is 8.21. The average molecular weight is 470 g/mol. The Kier molecular flexibility index (Phi) is 6.03. The van der Waals surface area contributed by atoms with E-state index in [0.29, 0.717) is 27.9 Å². The molecule has 34 heavy (non-hydrogen) atoms. The zero-order valence-electron chi connectivity index (χ0n) is 18.7. The molecule has 11 heteroatoms. The minimum Gasteiger partial charge on any atom is -0.329 e. The summed E-state index contributed by atoms with van der Waals surface area (Å²) < 4.78 is 41.5. The summed E-state index contributed by atoms with van der Waals surface area (Å²) in [5, 5.41) is 4.09. The first kappa shape index (κ1) is 23.3. The van der Waals surface area contributed by atoms with Gasteiger partial charge < -0.3 is 4.57 Å². The second kappa shape index (κ2) is 8.81. The van der Waals surface area contributed by atoms with Gasteiger partial charge in [0.1, 0.15) is 18.5 Å². The van der Waals surface area contributed by atoms with Gasteiger partial charge in [-0.3, -0.25) is 19.3 Å². The molecule has 8 nitrogen and oxygen atoms in total. The van der Waals surface area contributed by atoms with Crippen LogP contribution in [0.1, 0.15) is 52.9 Å². The van der Waals surface area contributed by atoms with Crippen LogP contribution >= 0.6 is 0 Å². The van der Waals surface area contributed by atoms with Gasteiger partial charge in [0.05, 0.1) is 12.0 Å². The Morgan fingerprint density at radius 1 is 1.15 bits per heavy atom. The molecular formula is C23H21F3N6O2. The van der Waals surface area contributed by atoms with Crippen LogP contribution in [0.3, 0.4) is 0 Å². The van der Waals surface area contributed by atoms with Crippen molar-refractivity contribution < 1.29 is 22.8 Å². The maximum absolute atomic E-state index is 13.3. The standard InChI is InChI=1S/C23H21F3N6O2/c1-13(2)31-11-19(18-9-27-12-29-22(18)31)21(34)15-4-5-28-16(7-15)8-17(33)10-32-14(3)6-20(30-32)23(24,25)26/h4-7,9,11-13H,8,10H2,1-3H3. The minimum atomic E-state index is -4.58. The first-order chi connectivity index (χ1) is 16.0. The van der Waals surface area contributed by atoms with Crippen molar-refractivity contribution in [2.24, 2.45) is 0 Å². The lowest BCUT2D eigenvalue weighted by molar-refractivity contribution is -0.141. The molecule has 0 radical (unpaired) electrons. The fraction of sp³-hybridized carbons (Fsp3) is 0.304. The third-order valence-corrected chi connectivity index (χ3v) is 5.35. The van der Waals surface area contributed by atoms with E-state index in [2.05, 4.69) is 20.1 Å². The number of hydrogen-bond donors (Lipinski definition) is 0. The van der Waals surface area contributed by atoms with Crippen molar-refractivity contribution in [2.75, 3.05) is 0 Å². The highest BCUT2D eigenvalue weighted by atomic mass is 19.4. The molecule has 0 fully saturated rings. The van der Waals surface area contributed by atoms with Crippen LogP contribution in [0.5, 0.6) is 0 Å². The van der Waals surface area contributed by atoms with Crippen LogP contribution in [-0.4, -0.2) is 40.9 Å². The van der Waals surface area contributed by atoms with Crippen molar-refractivity contribution in [2.45, 2.75) is 46.0 Å². The molecule has 0 spiro atoms. The van der Waals surface area contributed by atoms with Gasteiger partial charge in [-0.05, 0) is 39.0 Å². The lowest BCUT2D eigenvalue weighted by atomic mass is 10.0. The summed E-state index contributed by atoms with van der Waals surface area (Å²) in [4.78, 5) is 38.2. The van der Waals surface area contributed by atoms with Crippen LogP contribution in [-0.2, 0) is 23.9 Å². The van der Waals surface area contributed by atoms with E-state index >= 15 is 0 Å². The molecule has 4 heterocycles. The number of nitrogens with zero attached hydrogens (tertiary/aromatic N) is 6. The number of carbonyl (C=O) groups excluding carboxylic acids is 2. The number of halogens is 3. The fourth-order valence-electron chi connectivity index (χ4n) is 3.67. The van der Waals surface area contributed by atoms with Crippen molar-refractivity contribution in [3.05, 3.63) is 71.3 Å². The Hall–Kier alpha value is -3.89. The third-order valence-electron chi connectivity index (χ3n) is 5.35. The van der Waals surface area contributed by atoms with Crippen molar-refractivity contribution >= 4 is 22.6 Å². The van der Waals surface area contributed by atoms with E-state index in [-0.39, 0.29) is 36.3 Å². The summed E-state index contributed by atoms with van der Waals surface area (Å²) in [7, 11) is 0. The van der Waals surface area contributed by atoms with E-state index < -0.39 is 11.9 Å². The molecule has 4 aromatic heterocycles. The number of fused-ring (bicyclic) bond motifs is 1. The van der Waals surface area contributed by atoms with E-state index in [1.54, 1.807) is 18.5 Å². The first-order valence-electron chi connectivity index (χ1n) is 10.5. The number of hydrogen-bond acceptors (Lipinski definition) is 6. The van der Waals surface area contributed by atoms with Gasteiger partial charge in [-0.25, -0.2) is 9.97 Å². The Morgan fingerprint density at radius 3 is 2.59 bits per heavy atom. The fourth-order valence-corrected chi connectivity index (χ4v) is 3.67. The summed E-state index contributed by atoms with van der Waals surface area (Å²) in [6.45, 7) is 5.07. The Morgan fingerprint density at radius 2 is 1.91 bits per heavy atom. The molecule has 0 aromatic carbocycles. The molecule has 0 bridgehead atoms. The number of ketones is 2. The van der Waals surface area contributed by atoms with E-state index in [4.69, 9.17) is 0 Å². The molecule has 4 aromatic rings. The Balaban J connectivity index is 1.55. The number of Topliss-reactive ketones (excluding diaryl/α,β-unsaturated/α-hetero) is 1. The van der Waals surface area contributed by atoms with Crippen LogP contribution in [0, 0.1) is 6.92 Å². The maximum atomic E-state index is 13.3. The summed E-state index contributed by atoms with van der Waals surface area (Å²) >= 11 is 0. The van der Waals surface area contributed by atoms with Crippen LogP contribution in [0.4, 0.5) is 13.2 Å². The molecule has 0 N–H and O–H groups in total. The zero-order valence-corrected chi connectivity index (χ0v) is 18.7. The smallest absolute Gasteiger partial charge is 0.329 e. The second-order valence-electron chi connectivity index (χ2n) is 8.21. The van der Waals surface area contributed by atoms with Crippen LogP contribution in [0.15, 0.2) is 43.1 Å². The molecule has 0 amide bonds. The SMILES string of the molecule is Cc1cc(C(F)(F)F)nn1CC(=O)Cc1cc(C(=O)c2cn(C(C)C)c3ncncc23)ccn1. The molecule has 176 valence electrons. The molecule has 0 aliphatic heterocycles. The van der Waals surface area contributed by atoms with Crippen molar-refractivity contribution in [3.63, 3.8) is 0 Å². The van der Waals surface area contributed by atoms with Crippen molar-refractivity contribution in [3.8, 4) is 0 Å². The highest BCUT2D eigenvalue weighted by Crippen LogP contribution is 2.28. The summed E-state index contributed by atoms with van der Waals surface area (Å²) in [6.07, 6.45) is 1.43. The molecule has 4 rings (SSSR count). The highest BCUT2D eigenvalue weighted by molar-refractivity contribution is 6.16. The Bertz CT molecular complexity index is 1390. The van der Waals surface area contributed by atoms with Gasteiger partial charge in [-0.1, -0.05) is 0 Å². The number of carbonyl (C=O) groups is 2. The van der Waals surface area contributed by atoms with Gasteiger partial charge in [0.15, 0.2) is 17.3 Å². The van der Waals surface area contributed by atoms with Crippen molar-refractivity contribution in [1.29, 1.82) is 0 Å². The number of alkyl halides is 3. The Labute approximate surface area is 192 Å². The number of pyridine rings is 1. The first-order valence-corrected chi connectivity index (χ1v) is 10.5. The largest absolute Gasteiger partial charge is 0.435 e. The van der Waals surface area contributed by atoms with Gasteiger partial charge in [-0.2, -0.15) is 18.3 Å². The molecule has 0 aliphatic rings. The molecule has 0 saturated heterocycles. The maximum Gasteiger partial charge on any atom is 0.435 e. The van der Waals surface area contributed by atoms with Crippen LogP contribution in [0.25, 0.3) is 11.0 Å². The summed E-state index contributed by atoms with van der Waals surface area (Å²) in [5.74, 6) is -0.658. The predicted molar refractivity (Wildman–Crippen MR) is 116 cm³/mol. The van der Waals surface area contributed by atoms with Gasteiger partial charge >= 0.3 is 6.18 Å². The molecule has 0 atom stereocenters. The summed E-state index contributed by atoms with van der Waals surface area (Å²) in [5.41, 5.74) is 0.916. The van der Waals surface area contributed by atoms with Gasteiger partial charge in [0.25, 0.3) is 0 Å². The highest BCUT2D eigenvalue weighted by Gasteiger charge is 2.34. The van der Waals surface area contributed by atoms with E-state index in [0.717, 1.165) is 10.7 Å². The van der Waals surface area contributed by atoms with E-state index in [1.807, 2.05) is 18.4 Å². The van der Waals surface area contributed by atoms with Gasteiger partial charge in [0.2, 0.25) is 0 Å². The topological polar surface area (TPSA) is 95.6 Å². The predicted octanol–water partition coefficient (Wildman–Crippen LogP) is 3.97. The normalized spacial score (nSPS) is 12.0. The molecule has 0 aliphatic carbocycles.